The van der Waals surface area contributed by atoms with Crippen LogP contribution in [0, 0.1) is 0 Å². The maximum absolute atomic E-state index is 11.8. The summed E-state index contributed by atoms with van der Waals surface area (Å²) in [6.45, 7) is 1.54. The van der Waals surface area contributed by atoms with Gasteiger partial charge in [0.1, 0.15) is 11.9 Å². The Bertz CT molecular complexity index is 642. The third kappa shape index (κ3) is 4.93. The molecule has 10 heteroatoms. The zero-order valence-corrected chi connectivity index (χ0v) is 14.5. The zero-order valence-electron chi connectivity index (χ0n) is 13.7. The summed E-state index contributed by atoms with van der Waals surface area (Å²) in [6.07, 6.45) is 4.34. The van der Waals surface area contributed by atoms with Crippen LogP contribution >= 0.6 is 12.4 Å². The molecule has 2 fully saturated rings. The highest BCUT2D eigenvalue weighted by molar-refractivity contribution is 6.01. The number of nitrogens with one attached hydrogen (secondary N) is 2. The summed E-state index contributed by atoms with van der Waals surface area (Å²) < 4.78 is 1.87. The number of hydrogen-bond acceptors (Lipinski definition) is 6. The van der Waals surface area contributed by atoms with Crippen molar-refractivity contribution >= 4 is 36.0 Å². The molecule has 1 aromatic rings. The van der Waals surface area contributed by atoms with Crippen molar-refractivity contribution in [3.05, 3.63) is 12.3 Å². The van der Waals surface area contributed by atoms with Crippen molar-refractivity contribution in [1.29, 1.82) is 0 Å². The molecular formula is C15H22ClN5O4. The van der Waals surface area contributed by atoms with E-state index in [1.807, 2.05) is 21.8 Å². The van der Waals surface area contributed by atoms with Crippen LogP contribution in [0.2, 0.25) is 0 Å². The van der Waals surface area contributed by atoms with Gasteiger partial charge in [0.25, 0.3) is 0 Å². The van der Waals surface area contributed by atoms with E-state index in [9.17, 15) is 14.4 Å². The molecular weight excluding hydrogens is 350 g/mol. The molecule has 2 saturated heterocycles. The van der Waals surface area contributed by atoms with E-state index in [1.165, 1.54) is 0 Å². The van der Waals surface area contributed by atoms with Gasteiger partial charge in [0, 0.05) is 31.8 Å². The van der Waals surface area contributed by atoms with Gasteiger partial charge in [-0.3, -0.25) is 29.3 Å². The molecule has 2 aliphatic rings. The van der Waals surface area contributed by atoms with Gasteiger partial charge < -0.3 is 10.4 Å². The van der Waals surface area contributed by atoms with E-state index in [2.05, 4.69) is 15.7 Å². The number of carbonyl (C=O) groups excluding carboxylic acids is 2. The summed E-state index contributed by atoms with van der Waals surface area (Å²) in [4.78, 5) is 35.6. The second-order valence-electron chi connectivity index (χ2n) is 6.23. The zero-order chi connectivity index (χ0) is 17.1. The number of aromatic nitrogens is 2. The molecule has 0 bridgehead atoms. The average molecular weight is 372 g/mol. The van der Waals surface area contributed by atoms with Crippen LogP contribution in [0.15, 0.2) is 12.3 Å². The van der Waals surface area contributed by atoms with Gasteiger partial charge in [0.2, 0.25) is 11.8 Å². The van der Waals surface area contributed by atoms with Gasteiger partial charge in [-0.1, -0.05) is 0 Å². The minimum atomic E-state index is -0.803. The predicted octanol–water partition coefficient (Wildman–Crippen LogP) is 0.244. The van der Waals surface area contributed by atoms with Gasteiger partial charge in [-0.05, 0) is 19.3 Å². The molecule has 0 spiro atoms. The van der Waals surface area contributed by atoms with E-state index in [4.69, 9.17) is 5.11 Å². The smallest absolute Gasteiger partial charge is 0.317 e. The van der Waals surface area contributed by atoms with Crippen LogP contribution in [0.5, 0.6) is 0 Å². The summed E-state index contributed by atoms with van der Waals surface area (Å²) >= 11 is 0. The Morgan fingerprint density at radius 2 is 2.04 bits per heavy atom. The van der Waals surface area contributed by atoms with Crippen LogP contribution < -0.4 is 10.6 Å². The van der Waals surface area contributed by atoms with E-state index < -0.39 is 12.0 Å². The van der Waals surface area contributed by atoms with Gasteiger partial charge in [0.15, 0.2) is 0 Å². The minimum absolute atomic E-state index is 0. The number of amides is 2. The maximum atomic E-state index is 11.8. The van der Waals surface area contributed by atoms with Crippen molar-refractivity contribution in [1.82, 2.24) is 20.0 Å². The summed E-state index contributed by atoms with van der Waals surface area (Å²) in [6, 6.07) is 1.60. The van der Waals surface area contributed by atoms with Crippen LogP contribution in [0.25, 0.3) is 0 Å². The Hall–Kier alpha value is -2.13. The average Bonchev–Trinajstić information content (AvgIpc) is 2.99. The lowest BCUT2D eigenvalue weighted by Crippen LogP contribution is -2.47. The highest BCUT2D eigenvalue weighted by Gasteiger charge is 2.27. The lowest BCUT2D eigenvalue weighted by molar-refractivity contribution is -0.139. The Balaban J connectivity index is 0.00000225. The van der Waals surface area contributed by atoms with E-state index >= 15 is 0 Å². The summed E-state index contributed by atoms with van der Waals surface area (Å²) in [5, 5.41) is 18.7. The number of imide groups is 1. The molecule has 1 atom stereocenters. The summed E-state index contributed by atoms with van der Waals surface area (Å²) in [5.41, 5.74) is 0. The van der Waals surface area contributed by atoms with Gasteiger partial charge in [-0.25, -0.2) is 0 Å². The molecule has 2 amide bonds. The standard InChI is InChI=1S/C15H21N5O4.ClH/c21-13-2-1-11(15(24)17-13)16-12-5-8-20(18-12)10-3-6-19(7-4-10)9-14(22)23;/h5,8,10-11H,1-4,6-7,9H2,(H,16,18)(H,22,23)(H,17,21,24);1H. The molecule has 25 heavy (non-hydrogen) atoms. The van der Waals surface area contributed by atoms with Crippen molar-refractivity contribution < 1.29 is 19.5 Å². The second kappa shape index (κ2) is 8.30. The topological polar surface area (TPSA) is 117 Å². The summed E-state index contributed by atoms with van der Waals surface area (Å²) in [5.74, 6) is -0.750. The Labute approximate surface area is 151 Å². The van der Waals surface area contributed by atoms with Crippen molar-refractivity contribution in [2.75, 3.05) is 25.0 Å². The number of carbonyl (C=O) groups is 3. The molecule has 0 aliphatic carbocycles. The quantitative estimate of drug-likeness (QED) is 0.635. The molecule has 0 saturated carbocycles. The number of nitrogens with zero attached hydrogens (tertiary/aromatic N) is 3. The number of piperidine rings is 2. The Kier molecular flexibility index (Phi) is 6.38. The predicted molar refractivity (Wildman–Crippen MR) is 91.6 cm³/mol. The van der Waals surface area contributed by atoms with E-state index in [1.54, 1.807) is 0 Å². The van der Waals surface area contributed by atoms with E-state index in [0.29, 0.717) is 18.7 Å². The van der Waals surface area contributed by atoms with Crippen LogP contribution in [0.1, 0.15) is 31.7 Å². The first kappa shape index (κ1) is 19.2. The van der Waals surface area contributed by atoms with E-state index in [0.717, 1.165) is 25.9 Å². The first-order valence-corrected chi connectivity index (χ1v) is 8.11. The minimum Gasteiger partial charge on any atom is -0.480 e. The van der Waals surface area contributed by atoms with Crippen molar-refractivity contribution in [3.8, 4) is 0 Å². The fraction of sp³-hybridized carbons (Fsp3) is 0.600. The van der Waals surface area contributed by atoms with Gasteiger partial charge in [0.05, 0.1) is 12.6 Å². The number of anilines is 1. The largest absolute Gasteiger partial charge is 0.480 e. The number of carboxylic acid groups (broad SMARTS) is 1. The maximum Gasteiger partial charge on any atom is 0.317 e. The number of halogens is 1. The highest BCUT2D eigenvalue weighted by Crippen LogP contribution is 2.23. The number of likely N-dealkylation sites (tertiary alicyclic amines) is 1. The number of hydrogen-bond donors (Lipinski definition) is 3. The van der Waals surface area contributed by atoms with Crippen LogP contribution in [0.3, 0.4) is 0 Å². The van der Waals surface area contributed by atoms with Crippen LogP contribution in [-0.2, 0) is 14.4 Å². The van der Waals surface area contributed by atoms with Crippen LogP contribution in [0.4, 0.5) is 5.82 Å². The normalized spacial score (nSPS) is 22.2. The molecule has 3 N–H and O–H groups in total. The molecule has 1 aromatic heterocycles. The number of aliphatic carboxylic acids is 1. The molecule has 3 rings (SSSR count). The third-order valence-electron chi connectivity index (χ3n) is 4.46. The van der Waals surface area contributed by atoms with E-state index in [-0.39, 0.29) is 36.8 Å². The second-order valence-corrected chi connectivity index (χ2v) is 6.23. The first-order chi connectivity index (χ1) is 11.5. The van der Waals surface area contributed by atoms with Gasteiger partial charge in [-0.2, -0.15) is 5.10 Å². The van der Waals surface area contributed by atoms with Crippen LogP contribution in [-0.4, -0.2) is 63.2 Å². The fourth-order valence-corrected chi connectivity index (χ4v) is 3.16. The summed E-state index contributed by atoms with van der Waals surface area (Å²) in [7, 11) is 0. The molecule has 0 aromatic carbocycles. The SMILES string of the molecule is Cl.O=C(O)CN1CCC(n2ccc(NC3CCC(=O)NC3=O)n2)CC1. The highest BCUT2D eigenvalue weighted by atomic mass is 35.5. The number of carboxylic acids is 1. The molecule has 0 radical (unpaired) electrons. The van der Waals surface area contributed by atoms with Gasteiger partial charge >= 0.3 is 5.97 Å². The lowest BCUT2D eigenvalue weighted by atomic mass is 10.1. The molecule has 9 nitrogen and oxygen atoms in total. The molecule has 138 valence electrons. The van der Waals surface area contributed by atoms with Crippen molar-refractivity contribution in [2.45, 2.75) is 37.8 Å². The Morgan fingerprint density at radius 3 is 2.68 bits per heavy atom. The third-order valence-corrected chi connectivity index (χ3v) is 4.46. The van der Waals surface area contributed by atoms with Crippen molar-refractivity contribution in [2.24, 2.45) is 0 Å². The molecule has 3 heterocycles. The first-order valence-electron chi connectivity index (χ1n) is 8.11. The molecule has 1 unspecified atom stereocenters. The molecule has 2 aliphatic heterocycles. The monoisotopic (exact) mass is 371 g/mol. The fourth-order valence-electron chi connectivity index (χ4n) is 3.16. The van der Waals surface area contributed by atoms with Gasteiger partial charge in [-0.15, -0.1) is 12.4 Å². The van der Waals surface area contributed by atoms with Crippen molar-refractivity contribution in [3.63, 3.8) is 0 Å². The Morgan fingerprint density at radius 1 is 1.32 bits per heavy atom. The number of rotatable bonds is 5. The lowest BCUT2D eigenvalue weighted by Gasteiger charge is -2.30.